The van der Waals surface area contributed by atoms with Crippen LogP contribution in [0, 0.1) is 46.8 Å². The molecule has 2 heterocycles. The van der Waals surface area contributed by atoms with E-state index in [1.807, 2.05) is 0 Å². The smallest absolute Gasteiger partial charge is 0.258 e. The van der Waals surface area contributed by atoms with Crippen LogP contribution in [0.2, 0.25) is 0 Å². The average molecular weight is 677 g/mol. The molecule has 2 aromatic carbocycles. The largest absolute Gasteiger partial charge is 0.502 e. The number of methoxy groups -OCH3 is 2. The fraction of sp³-hybridized carbons (Fsp3) is 0.357. The Morgan fingerprint density at radius 2 is 1.38 bits per heavy atom. The van der Waals surface area contributed by atoms with Gasteiger partial charge in [-0.15, -0.1) is 23.2 Å². The molecule has 0 bridgehead atoms. The number of imide groups is 2. The number of phenols is 1. The molecule has 2 saturated heterocycles. The Kier molecular flexibility index (Phi) is 6.92. The number of allylic oxidation sites excluding steroid dienone is 2. The second-order valence-corrected chi connectivity index (χ2v) is 12.2. The summed E-state index contributed by atoms with van der Waals surface area (Å²) in [6.45, 7) is 0. The van der Waals surface area contributed by atoms with Crippen molar-refractivity contribution in [3.05, 3.63) is 58.4 Å². The molecule has 4 aliphatic rings. The Morgan fingerprint density at radius 1 is 0.844 bits per heavy atom. The molecular formula is C28H19Cl2F5N2O8. The van der Waals surface area contributed by atoms with Crippen LogP contribution in [-0.2, 0) is 19.2 Å². The van der Waals surface area contributed by atoms with Gasteiger partial charge < -0.3 is 14.6 Å². The van der Waals surface area contributed by atoms with Crippen LogP contribution in [0.25, 0.3) is 0 Å². The lowest BCUT2D eigenvalue weighted by Crippen LogP contribution is -2.60. The second kappa shape index (κ2) is 10.0. The maximum Gasteiger partial charge on any atom is 0.258 e. The van der Waals surface area contributed by atoms with Crippen molar-refractivity contribution in [2.75, 3.05) is 19.1 Å². The predicted molar refractivity (Wildman–Crippen MR) is 141 cm³/mol. The summed E-state index contributed by atoms with van der Waals surface area (Å²) in [6, 6.07) is 2.36. The maximum atomic E-state index is 15.1. The monoisotopic (exact) mass is 676 g/mol. The molecule has 238 valence electrons. The Hall–Kier alpha value is -3.95. The van der Waals surface area contributed by atoms with Gasteiger partial charge in [0.05, 0.1) is 26.1 Å². The van der Waals surface area contributed by atoms with E-state index in [1.54, 1.807) is 0 Å². The van der Waals surface area contributed by atoms with Gasteiger partial charge >= 0.3 is 0 Å². The zero-order valence-corrected chi connectivity index (χ0v) is 24.4. The van der Waals surface area contributed by atoms with Crippen molar-refractivity contribution < 1.29 is 60.9 Å². The van der Waals surface area contributed by atoms with E-state index < -0.39 is 104 Å². The van der Waals surface area contributed by atoms with Crippen LogP contribution in [0.15, 0.2) is 23.8 Å². The van der Waals surface area contributed by atoms with Crippen molar-refractivity contribution in [3.8, 4) is 17.2 Å². The summed E-state index contributed by atoms with van der Waals surface area (Å²) in [6.07, 6.45) is 0.538. The number of hydrogen-bond donors (Lipinski definition) is 2. The molecule has 17 heteroatoms. The van der Waals surface area contributed by atoms with Crippen LogP contribution in [0.3, 0.4) is 0 Å². The number of fused-ring (bicyclic) bond motifs is 4. The highest BCUT2D eigenvalue weighted by Gasteiger charge is 2.77. The minimum Gasteiger partial charge on any atom is -0.502 e. The lowest BCUT2D eigenvalue weighted by Gasteiger charge is -2.50. The first kappa shape index (κ1) is 31.0. The quantitative estimate of drug-likeness (QED) is 0.0943. The number of ether oxygens (including phenoxy) is 2. The fourth-order valence-electron chi connectivity index (χ4n) is 7.00. The first-order chi connectivity index (χ1) is 21.1. The third-order valence-corrected chi connectivity index (χ3v) is 10.4. The molecule has 2 N–H and O–H groups in total. The molecule has 0 radical (unpaired) electrons. The van der Waals surface area contributed by atoms with E-state index in [0.29, 0.717) is 0 Å². The number of amides is 4. The molecule has 10 nitrogen and oxygen atoms in total. The number of carbonyl (C=O) groups is 4. The number of nitrogens with zero attached hydrogens (tertiary/aromatic N) is 2. The summed E-state index contributed by atoms with van der Waals surface area (Å²) in [7, 11) is 2.34. The van der Waals surface area contributed by atoms with Gasteiger partial charge in [0.2, 0.25) is 11.6 Å². The van der Waals surface area contributed by atoms with Gasteiger partial charge in [0.15, 0.2) is 44.5 Å². The normalized spacial score (nSPS) is 30.8. The van der Waals surface area contributed by atoms with Gasteiger partial charge in [-0.05, 0) is 36.5 Å². The standard InChI is InChI=1S/C28H19Cl2F5N2O8/c1-44-12-5-8(6-13(45-2)22(12)38)15-9-3-4-10-14(24(40)37(43)23(10)39)11(9)7-27(29)25(41)36(26(42)28(15,27)30)21-19(34)17(32)16(31)18(33)20(21)35/h3,5-6,10-11,14-15,38,43H,4,7H2,1-2H3. The first-order valence-corrected chi connectivity index (χ1v) is 13.8. The molecule has 0 aromatic heterocycles. The lowest BCUT2D eigenvalue weighted by atomic mass is 9.56. The number of phenolic OH excluding ortho intramolecular Hbond substituents is 1. The van der Waals surface area contributed by atoms with Crippen molar-refractivity contribution in [2.45, 2.75) is 28.5 Å². The van der Waals surface area contributed by atoms with Crippen LogP contribution in [0.4, 0.5) is 27.6 Å². The minimum absolute atomic E-state index is 0.0473. The van der Waals surface area contributed by atoms with Crippen LogP contribution < -0.4 is 14.4 Å². The SMILES string of the molecule is COc1cc(C2C3=CCC4C(=O)N(O)C(=O)C4C3CC3(Cl)C(=O)N(c4c(F)c(F)c(F)c(F)c4F)C(=O)C23Cl)cc(OC)c1O. The van der Waals surface area contributed by atoms with E-state index in [-0.39, 0.29) is 39.0 Å². The molecule has 4 amide bonds. The van der Waals surface area contributed by atoms with E-state index in [9.17, 15) is 42.7 Å². The van der Waals surface area contributed by atoms with E-state index in [2.05, 4.69) is 0 Å². The number of benzene rings is 2. The Bertz CT molecular complexity index is 1740. The van der Waals surface area contributed by atoms with Crippen molar-refractivity contribution in [1.29, 1.82) is 0 Å². The molecule has 6 unspecified atom stereocenters. The van der Waals surface area contributed by atoms with Gasteiger partial charge in [0, 0.05) is 5.92 Å². The van der Waals surface area contributed by atoms with Gasteiger partial charge in [0.25, 0.3) is 23.6 Å². The molecule has 2 aromatic rings. The fourth-order valence-corrected chi connectivity index (χ4v) is 7.94. The van der Waals surface area contributed by atoms with Crippen LogP contribution in [0.5, 0.6) is 17.2 Å². The van der Waals surface area contributed by atoms with Crippen LogP contribution >= 0.6 is 23.2 Å². The molecule has 2 aliphatic carbocycles. The summed E-state index contributed by atoms with van der Waals surface area (Å²) in [5, 5.41) is 20.6. The lowest BCUT2D eigenvalue weighted by molar-refractivity contribution is -0.173. The molecular weight excluding hydrogens is 658 g/mol. The van der Waals surface area contributed by atoms with Crippen molar-refractivity contribution in [2.24, 2.45) is 17.8 Å². The summed E-state index contributed by atoms with van der Waals surface area (Å²) in [5.41, 5.74) is -1.83. The number of anilines is 1. The Balaban J connectivity index is 1.65. The van der Waals surface area contributed by atoms with Gasteiger partial charge in [-0.2, -0.15) is 5.06 Å². The number of hydrogen-bond acceptors (Lipinski definition) is 8. The van der Waals surface area contributed by atoms with Crippen LogP contribution in [-0.4, -0.2) is 63.0 Å². The molecule has 45 heavy (non-hydrogen) atoms. The Morgan fingerprint density at radius 3 is 1.91 bits per heavy atom. The average Bonchev–Trinajstić information content (AvgIpc) is 3.33. The molecule has 3 fully saturated rings. The topological polar surface area (TPSA) is 134 Å². The Labute approximate surface area is 259 Å². The summed E-state index contributed by atoms with van der Waals surface area (Å²) < 4.78 is 83.0. The molecule has 2 aliphatic heterocycles. The third-order valence-electron chi connectivity index (χ3n) is 9.03. The molecule has 0 spiro atoms. The summed E-state index contributed by atoms with van der Waals surface area (Å²) >= 11 is 14.0. The van der Waals surface area contributed by atoms with Crippen molar-refractivity contribution in [3.63, 3.8) is 0 Å². The predicted octanol–water partition coefficient (Wildman–Crippen LogP) is 4.06. The number of alkyl halides is 2. The van der Waals surface area contributed by atoms with E-state index in [0.717, 1.165) is 0 Å². The first-order valence-electron chi connectivity index (χ1n) is 13.1. The second-order valence-electron chi connectivity index (χ2n) is 11.0. The van der Waals surface area contributed by atoms with E-state index in [1.165, 1.54) is 32.4 Å². The maximum absolute atomic E-state index is 15.1. The number of carbonyl (C=O) groups excluding carboxylic acids is 4. The highest BCUT2D eigenvalue weighted by Crippen LogP contribution is 2.66. The summed E-state index contributed by atoms with van der Waals surface area (Å²) in [4.78, 5) is 48.2. The zero-order valence-electron chi connectivity index (χ0n) is 22.8. The molecule has 1 saturated carbocycles. The van der Waals surface area contributed by atoms with Gasteiger partial charge in [-0.3, -0.25) is 24.4 Å². The minimum atomic E-state index is -2.78. The van der Waals surface area contributed by atoms with Gasteiger partial charge in [-0.1, -0.05) is 11.6 Å². The third kappa shape index (κ3) is 3.71. The zero-order chi connectivity index (χ0) is 33.1. The number of halogens is 7. The van der Waals surface area contributed by atoms with E-state index >= 15 is 8.78 Å². The van der Waals surface area contributed by atoms with Gasteiger partial charge in [0.1, 0.15) is 5.69 Å². The van der Waals surface area contributed by atoms with Crippen molar-refractivity contribution >= 4 is 52.5 Å². The van der Waals surface area contributed by atoms with E-state index in [4.69, 9.17) is 32.7 Å². The van der Waals surface area contributed by atoms with Crippen molar-refractivity contribution in [1.82, 2.24) is 5.06 Å². The van der Waals surface area contributed by atoms with Crippen LogP contribution in [0.1, 0.15) is 24.3 Å². The highest BCUT2D eigenvalue weighted by atomic mass is 35.5. The number of rotatable bonds is 4. The molecule has 6 rings (SSSR count). The summed E-state index contributed by atoms with van der Waals surface area (Å²) in [5.74, 6) is -24.1. The number of aromatic hydroxyl groups is 1. The van der Waals surface area contributed by atoms with Gasteiger partial charge in [-0.25, -0.2) is 26.9 Å². The highest BCUT2D eigenvalue weighted by molar-refractivity contribution is 6.58. The number of hydroxylamine groups is 2. The molecule has 6 atom stereocenters.